The Hall–Kier alpha value is -1.43. The van der Waals surface area contributed by atoms with E-state index in [2.05, 4.69) is 0 Å². The van der Waals surface area contributed by atoms with E-state index in [0.29, 0.717) is 38.5 Å². The Morgan fingerprint density at radius 3 is 1.42 bits per heavy atom. The predicted octanol–water partition coefficient (Wildman–Crippen LogP) is 6.86. The van der Waals surface area contributed by atoms with Gasteiger partial charge in [0, 0.05) is 58.8 Å². The van der Waals surface area contributed by atoms with E-state index < -0.39 is 93.4 Å². The largest absolute Gasteiger partial charge is 0.456 e. The molecule has 0 aromatic carbocycles. The molecule has 8 heterocycles. The van der Waals surface area contributed by atoms with Crippen LogP contribution in [0.25, 0.3) is 0 Å². The lowest BCUT2D eigenvalue weighted by Crippen LogP contribution is -2.68. The van der Waals surface area contributed by atoms with Gasteiger partial charge in [0.1, 0.15) is 0 Å². The van der Waals surface area contributed by atoms with Crippen molar-refractivity contribution in [1.29, 1.82) is 0 Å². The van der Waals surface area contributed by atoms with Crippen molar-refractivity contribution in [3.05, 3.63) is 22.7 Å². The van der Waals surface area contributed by atoms with E-state index in [-0.39, 0.29) is 47.7 Å². The lowest BCUT2D eigenvalue weighted by Gasteiger charge is -2.57. The highest BCUT2D eigenvalue weighted by Crippen LogP contribution is 2.63. The zero-order valence-electron chi connectivity index (χ0n) is 27.0. The minimum absolute atomic E-state index is 0.0354. The molecule has 2 aliphatic carbocycles. The highest BCUT2D eigenvalue weighted by molar-refractivity contribution is 7.85. The number of hydrogen-bond acceptors (Lipinski definition) is 9. The predicted molar refractivity (Wildman–Crippen MR) is 152 cm³/mol. The number of halogens is 6. The van der Waals surface area contributed by atoms with Crippen LogP contribution in [-0.4, -0.2) is 63.4 Å². The van der Waals surface area contributed by atoms with Gasteiger partial charge in [0.15, 0.2) is 11.2 Å². The zero-order valence-corrected chi connectivity index (χ0v) is 27.9. The summed E-state index contributed by atoms with van der Waals surface area (Å²) in [6, 6.07) is 0. The van der Waals surface area contributed by atoms with Crippen LogP contribution in [0, 0.1) is 35.5 Å². The summed E-state index contributed by atoms with van der Waals surface area (Å²) >= 11 is 0. The number of rotatable bonds is 4. The van der Waals surface area contributed by atoms with E-state index in [0.717, 1.165) is 0 Å². The van der Waals surface area contributed by atoms with Gasteiger partial charge in [0.25, 0.3) is 0 Å². The molecule has 0 aromatic heterocycles. The van der Waals surface area contributed by atoms with Crippen LogP contribution in [0.2, 0.25) is 0 Å². The molecule has 0 radical (unpaired) electrons. The molecule has 0 amide bonds. The fourth-order valence-electron chi connectivity index (χ4n) is 10.2. The normalized spacial score (nSPS) is 49.0. The lowest BCUT2D eigenvalue weighted by molar-refractivity contribution is -0.557. The topological polar surface area (TPSA) is 90.9 Å². The monoisotopic (exact) mass is 714 g/mol. The molecule has 16 heteroatoms. The standard InChI is InChI=1S/C32H40F6O9S/c1-15-5-7-21-17(23(31(33,34)35)40-25-29(21)19(15)9-11-27(3,42-25)44-46-29)13-48(39)14-18-22-8-6-16(2)20-10-12-28(4)43-26(30(20,22)47-45-28)41-24(18)32(36,37)38/h15-16,19-22,25-26H,5-14H2,1-4H3/t15-,16-,19?,20?,21+,22+,25-,26-,27-,28+,29-,30-,48?/m1/s1. The van der Waals surface area contributed by atoms with E-state index in [9.17, 15) is 30.6 Å². The van der Waals surface area contributed by atoms with Gasteiger partial charge in [-0.2, -0.15) is 26.3 Å². The van der Waals surface area contributed by atoms with Gasteiger partial charge < -0.3 is 18.9 Å². The molecule has 0 aromatic rings. The highest BCUT2D eigenvalue weighted by Gasteiger charge is 2.72. The molecule has 8 aliphatic heterocycles. The minimum atomic E-state index is -4.99. The number of hydrogen-bond donors (Lipinski definition) is 0. The minimum Gasteiger partial charge on any atom is -0.456 e. The van der Waals surface area contributed by atoms with Crippen molar-refractivity contribution in [2.24, 2.45) is 35.5 Å². The van der Waals surface area contributed by atoms with Crippen LogP contribution in [-0.2, 0) is 49.3 Å². The van der Waals surface area contributed by atoms with Crippen molar-refractivity contribution in [2.75, 3.05) is 11.5 Å². The van der Waals surface area contributed by atoms with Crippen molar-refractivity contribution in [1.82, 2.24) is 0 Å². The van der Waals surface area contributed by atoms with Gasteiger partial charge in [-0.05, 0) is 75.4 Å². The van der Waals surface area contributed by atoms with Gasteiger partial charge in [-0.3, -0.25) is 4.21 Å². The molecule has 10 aliphatic rings. The molecule has 13 atom stereocenters. The molecule has 270 valence electrons. The Bertz CT molecular complexity index is 1350. The van der Waals surface area contributed by atoms with Gasteiger partial charge in [-0.25, -0.2) is 19.6 Å². The zero-order chi connectivity index (χ0) is 34.2. The van der Waals surface area contributed by atoms with Crippen molar-refractivity contribution in [3.8, 4) is 0 Å². The second-order valence-corrected chi connectivity index (χ2v) is 16.8. The van der Waals surface area contributed by atoms with Crippen LogP contribution >= 0.6 is 0 Å². The van der Waals surface area contributed by atoms with Crippen LogP contribution in [0.5, 0.6) is 0 Å². The third-order valence-electron chi connectivity index (χ3n) is 12.5. The maximum Gasteiger partial charge on any atom is 0.449 e. The maximum atomic E-state index is 14.7. The van der Waals surface area contributed by atoms with E-state index in [1.165, 1.54) is 0 Å². The number of allylic oxidation sites excluding steroid dienone is 2. The Morgan fingerprint density at radius 2 is 1.04 bits per heavy atom. The fourth-order valence-corrected chi connectivity index (χ4v) is 11.7. The van der Waals surface area contributed by atoms with Gasteiger partial charge in [0.05, 0.1) is 0 Å². The Morgan fingerprint density at radius 1 is 0.646 bits per heavy atom. The molecule has 48 heavy (non-hydrogen) atoms. The van der Waals surface area contributed by atoms with Gasteiger partial charge in [0.2, 0.25) is 35.7 Å². The molecule has 0 N–H and O–H groups in total. The van der Waals surface area contributed by atoms with E-state index in [1.54, 1.807) is 13.8 Å². The summed E-state index contributed by atoms with van der Waals surface area (Å²) in [4.78, 5) is 23.4. The van der Waals surface area contributed by atoms with Gasteiger partial charge in [-0.15, -0.1) is 0 Å². The number of ether oxygens (including phenoxy) is 4. The summed E-state index contributed by atoms with van der Waals surface area (Å²) in [5, 5.41) is 0. The van der Waals surface area contributed by atoms with Crippen molar-refractivity contribution in [2.45, 2.75) is 127 Å². The van der Waals surface area contributed by atoms with Crippen LogP contribution in [0.1, 0.15) is 79.1 Å². The van der Waals surface area contributed by atoms with Crippen molar-refractivity contribution in [3.63, 3.8) is 0 Å². The Kier molecular flexibility index (Phi) is 7.58. The first-order chi connectivity index (χ1) is 22.4. The van der Waals surface area contributed by atoms with Crippen molar-refractivity contribution < 1.29 is 69.0 Å². The SMILES string of the molecule is C[C@@H]1CC[C@H]2C(CS(=O)CC3=C(C(F)(F)F)O[C@@H]4O[C@]5(C)CCC6[C@H](C)CC[C@@H]3[C@]64OO5)=C(C(F)(F)F)O[C@@H]3O[C@@]4(C)CCC1[C@]32OO4. The van der Waals surface area contributed by atoms with Crippen LogP contribution in [0.4, 0.5) is 26.3 Å². The first-order valence-electron chi connectivity index (χ1n) is 16.8. The van der Waals surface area contributed by atoms with Crippen LogP contribution in [0.15, 0.2) is 22.7 Å². The Balaban J connectivity index is 1.18. The van der Waals surface area contributed by atoms with Crippen molar-refractivity contribution >= 4 is 10.8 Å². The molecule has 2 saturated carbocycles. The molecule has 3 unspecified atom stereocenters. The summed E-state index contributed by atoms with van der Waals surface area (Å²) < 4.78 is 126. The molecule has 6 saturated heterocycles. The second kappa shape index (κ2) is 10.8. The van der Waals surface area contributed by atoms with Crippen LogP contribution < -0.4 is 0 Å². The molecule has 2 spiro atoms. The first-order valence-corrected chi connectivity index (χ1v) is 18.3. The second-order valence-electron chi connectivity index (χ2n) is 15.4. The molecule has 4 bridgehead atoms. The lowest BCUT2D eigenvalue weighted by atomic mass is 9.59. The van der Waals surface area contributed by atoms with E-state index in [4.69, 9.17) is 38.5 Å². The molecular formula is C32H40F6O9S. The summed E-state index contributed by atoms with van der Waals surface area (Å²) in [6.45, 7) is 7.16. The van der Waals surface area contributed by atoms with Gasteiger partial charge in [-0.1, -0.05) is 13.8 Å². The number of fused-ring (bicyclic) bond motifs is 4. The molecule has 9 nitrogen and oxygen atoms in total. The maximum absolute atomic E-state index is 14.7. The summed E-state index contributed by atoms with van der Waals surface area (Å²) in [5.41, 5.74) is -3.50. The summed E-state index contributed by atoms with van der Waals surface area (Å²) in [6.07, 6.45) is -9.43. The fraction of sp³-hybridized carbons (Fsp3) is 0.875. The van der Waals surface area contributed by atoms with Gasteiger partial charge >= 0.3 is 12.4 Å². The molecule has 8 fully saturated rings. The average molecular weight is 715 g/mol. The van der Waals surface area contributed by atoms with E-state index >= 15 is 0 Å². The Labute approximate surface area is 276 Å². The average Bonchev–Trinajstić information content (AvgIpc) is 3.36. The third-order valence-corrected chi connectivity index (χ3v) is 13.7. The third kappa shape index (κ3) is 4.81. The summed E-state index contributed by atoms with van der Waals surface area (Å²) in [7, 11) is -2.28. The number of alkyl halides is 6. The smallest absolute Gasteiger partial charge is 0.449 e. The molecular weight excluding hydrogens is 674 g/mol. The summed E-state index contributed by atoms with van der Waals surface area (Å²) in [5.74, 6) is -9.11. The van der Waals surface area contributed by atoms with E-state index in [1.807, 2.05) is 13.8 Å². The first kappa shape index (κ1) is 33.7. The van der Waals surface area contributed by atoms with Crippen LogP contribution in [0.3, 0.4) is 0 Å². The highest BCUT2D eigenvalue weighted by atomic mass is 32.2. The quantitative estimate of drug-likeness (QED) is 0.229. The molecule has 10 rings (SSSR count).